The van der Waals surface area contributed by atoms with E-state index >= 15 is 0 Å². The van der Waals surface area contributed by atoms with Gasteiger partial charge in [-0.1, -0.05) is 23.7 Å². The number of Topliss-reactive ketones (excluding diaryl/α,β-unsaturated/α-hetero) is 1. The number of esters is 1. The number of hydrogen-bond donors (Lipinski definition) is 0. The van der Waals surface area contributed by atoms with Gasteiger partial charge < -0.3 is 9.47 Å². The maximum atomic E-state index is 12.2. The molecule has 2 aromatic carbocycles. The third kappa shape index (κ3) is 4.96. The van der Waals surface area contributed by atoms with E-state index in [1.165, 1.54) is 13.0 Å². The molecule has 0 aliphatic heterocycles. The van der Waals surface area contributed by atoms with E-state index in [-0.39, 0.29) is 5.78 Å². The van der Waals surface area contributed by atoms with Crippen LogP contribution in [0.15, 0.2) is 54.6 Å². The van der Waals surface area contributed by atoms with E-state index in [0.29, 0.717) is 16.3 Å². The van der Waals surface area contributed by atoms with Crippen molar-refractivity contribution in [3.8, 4) is 5.75 Å². The molecule has 5 heteroatoms. The molecule has 1 atom stereocenters. The van der Waals surface area contributed by atoms with Gasteiger partial charge in [-0.2, -0.15) is 0 Å². The molecule has 24 heavy (non-hydrogen) atoms. The molecule has 0 unspecified atom stereocenters. The van der Waals surface area contributed by atoms with E-state index in [0.717, 1.165) is 5.56 Å². The number of methoxy groups -OCH3 is 1. The van der Waals surface area contributed by atoms with Crippen LogP contribution in [-0.4, -0.2) is 25.0 Å². The van der Waals surface area contributed by atoms with Crippen LogP contribution in [0.25, 0.3) is 6.08 Å². The molecule has 0 N–H and O–H groups in total. The van der Waals surface area contributed by atoms with Crippen LogP contribution >= 0.6 is 11.6 Å². The van der Waals surface area contributed by atoms with Crippen LogP contribution in [0.1, 0.15) is 22.8 Å². The molecule has 2 aromatic rings. The molecule has 0 saturated heterocycles. The van der Waals surface area contributed by atoms with Crippen molar-refractivity contribution in [3.05, 3.63) is 70.8 Å². The second-order valence-corrected chi connectivity index (χ2v) is 5.50. The summed E-state index contributed by atoms with van der Waals surface area (Å²) in [6, 6.07) is 13.7. The van der Waals surface area contributed by atoms with Crippen molar-refractivity contribution in [2.75, 3.05) is 7.11 Å². The molecule has 0 aliphatic rings. The summed E-state index contributed by atoms with van der Waals surface area (Å²) in [5.41, 5.74) is 1.24. The van der Waals surface area contributed by atoms with Crippen LogP contribution < -0.4 is 4.74 Å². The summed E-state index contributed by atoms with van der Waals surface area (Å²) < 4.78 is 10.2. The molecule has 0 aliphatic carbocycles. The Labute approximate surface area is 145 Å². The first-order chi connectivity index (χ1) is 11.5. The van der Waals surface area contributed by atoms with Gasteiger partial charge in [-0.05, 0) is 55.0 Å². The quantitative estimate of drug-likeness (QED) is 0.448. The lowest BCUT2D eigenvalue weighted by Gasteiger charge is -2.10. The monoisotopic (exact) mass is 344 g/mol. The summed E-state index contributed by atoms with van der Waals surface area (Å²) in [4.78, 5) is 24.0. The molecule has 0 aromatic heterocycles. The van der Waals surface area contributed by atoms with Crippen molar-refractivity contribution < 1.29 is 19.1 Å². The lowest BCUT2D eigenvalue weighted by molar-refractivity contribution is -0.140. The molecule has 0 spiro atoms. The maximum absolute atomic E-state index is 12.2. The predicted molar refractivity (Wildman–Crippen MR) is 93.4 cm³/mol. The number of carbonyl (C=O) groups excluding carboxylic acids is 2. The highest BCUT2D eigenvalue weighted by Gasteiger charge is 2.18. The molecule has 0 saturated carbocycles. The molecule has 2 rings (SSSR count). The predicted octanol–water partition coefficient (Wildman–Crippen LogP) is 4.18. The minimum absolute atomic E-state index is 0.283. The normalized spacial score (nSPS) is 12.0. The number of hydrogen-bond acceptors (Lipinski definition) is 4. The van der Waals surface area contributed by atoms with Crippen LogP contribution in [0.2, 0.25) is 5.02 Å². The summed E-state index contributed by atoms with van der Waals surface area (Å²) >= 11 is 5.79. The Morgan fingerprint density at radius 2 is 1.83 bits per heavy atom. The molecular formula is C19H17ClO4. The topological polar surface area (TPSA) is 52.6 Å². The van der Waals surface area contributed by atoms with Gasteiger partial charge in [0.2, 0.25) is 5.78 Å². The Morgan fingerprint density at radius 1 is 1.12 bits per heavy atom. The first-order valence-corrected chi connectivity index (χ1v) is 7.70. The summed E-state index contributed by atoms with van der Waals surface area (Å²) in [5.74, 6) is -0.181. The Hall–Kier alpha value is -2.59. The fourth-order valence-electron chi connectivity index (χ4n) is 2.03. The molecule has 124 valence electrons. The fourth-order valence-corrected chi connectivity index (χ4v) is 2.15. The minimum Gasteiger partial charge on any atom is -0.497 e. The minimum atomic E-state index is -0.881. The van der Waals surface area contributed by atoms with Crippen LogP contribution in [0, 0.1) is 0 Å². The average molecular weight is 345 g/mol. The average Bonchev–Trinajstić information content (AvgIpc) is 2.60. The van der Waals surface area contributed by atoms with Crippen LogP contribution in [0.4, 0.5) is 0 Å². The number of ether oxygens (including phenoxy) is 2. The smallest absolute Gasteiger partial charge is 0.331 e. The van der Waals surface area contributed by atoms with E-state index in [2.05, 4.69) is 0 Å². The second-order valence-electron chi connectivity index (χ2n) is 5.06. The highest BCUT2D eigenvalue weighted by Crippen LogP contribution is 2.15. The zero-order valence-corrected chi connectivity index (χ0v) is 14.1. The number of benzene rings is 2. The summed E-state index contributed by atoms with van der Waals surface area (Å²) in [6.07, 6.45) is 2.00. The van der Waals surface area contributed by atoms with Gasteiger partial charge in [0, 0.05) is 16.7 Å². The molecule has 0 heterocycles. The molecular weight excluding hydrogens is 328 g/mol. The standard InChI is InChI=1S/C19H17ClO4/c1-13(19(22)15-7-9-16(20)10-8-15)24-18(21)11-6-14-4-3-5-17(12-14)23-2/h3-13H,1-2H3/b11-6+/t13-/m0/s1. The number of halogens is 1. The lowest BCUT2D eigenvalue weighted by atomic mass is 10.1. The molecule has 0 radical (unpaired) electrons. The second kappa shape index (κ2) is 8.31. The van der Waals surface area contributed by atoms with Crippen molar-refractivity contribution in [1.82, 2.24) is 0 Å². The number of ketones is 1. The highest BCUT2D eigenvalue weighted by atomic mass is 35.5. The zero-order valence-electron chi connectivity index (χ0n) is 13.4. The van der Waals surface area contributed by atoms with E-state index in [1.807, 2.05) is 18.2 Å². The van der Waals surface area contributed by atoms with Crippen molar-refractivity contribution >= 4 is 29.4 Å². The largest absolute Gasteiger partial charge is 0.497 e. The van der Waals surface area contributed by atoms with Gasteiger partial charge in [0.1, 0.15) is 5.75 Å². The Morgan fingerprint density at radius 3 is 2.50 bits per heavy atom. The first-order valence-electron chi connectivity index (χ1n) is 7.32. The third-order valence-corrected chi connectivity index (χ3v) is 3.55. The molecule has 0 amide bonds. The van der Waals surface area contributed by atoms with Gasteiger partial charge in [0.15, 0.2) is 6.10 Å². The summed E-state index contributed by atoms with van der Waals surface area (Å²) in [5, 5.41) is 0.539. The van der Waals surface area contributed by atoms with Crippen LogP contribution in [-0.2, 0) is 9.53 Å². The van der Waals surface area contributed by atoms with E-state index in [9.17, 15) is 9.59 Å². The van der Waals surface area contributed by atoms with Gasteiger partial charge >= 0.3 is 5.97 Å². The first kappa shape index (κ1) is 17.8. The Kier molecular flexibility index (Phi) is 6.15. The van der Waals surface area contributed by atoms with Crippen LogP contribution in [0.5, 0.6) is 5.75 Å². The van der Waals surface area contributed by atoms with Gasteiger partial charge in [-0.25, -0.2) is 4.79 Å². The van der Waals surface area contributed by atoms with E-state index in [4.69, 9.17) is 21.1 Å². The number of carbonyl (C=O) groups is 2. The van der Waals surface area contributed by atoms with E-state index < -0.39 is 12.1 Å². The van der Waals surface area contributed by atoms with Crippen molar-refractivity contribution in [2.45, 2.75) is 13.0 Å². The van der Waals surface area contributed by atoms with E-state index in [1.54, 1.807) is 43.5 Å². The van der Waals surface area contributed by atoms with Crippen molar-refractivity contribution in [2.24, 2.45) is 0 Å². The van der Waals surface area contributed by atoms with Crippen molar-refractivity contribution in [3.63, 3.8) is 0 Å². The zero-order chi connectivity index (χ0) is 17.5. The molecule has 0 bridgehead atoms. The molecule has 0 fully saturated rings. The molecule has 4 nitrogen and oxygen atoms in total. The van der Waals surface area contributed by atoms with Crippen molar-refractivity contribution in [1.29, 1.82) is 0 Å². The number of rotatable bonds is 6. The fraction of sp³-hybridized carbons (Fsp3) is 0.158. The van der Waals surface area contributed by atoms with Gasteiger partial charge in [0.25, 0.3) is 0 Å². The third-order valence-electron chi connectivity index (χ3n) is 3.30. The summed E-state index contributed by atoms with van der Waals surface area (Å²) in [7, 11) is 1.57. The lowest BCUT2D eigenvalue weighted by Crippen LogP contribution is -2.23. The van der Waals surface area contributed by atoms with Gasteiger partial charge in [0.05, 0.1) is 7.11 Å². The van der Waals surface area contributed by atoms with Crippen LogP contribution in [0.3, 0.4) is 0 Å². The Bertz CT molecular complexity index is 750. The highest BCUT2D eigenvalue weighted by molar-refractivity contribution is 6.30. The Balaban J connectivity index is 1.96. The summed E-state index contributed by atoms with van der Waals surface area (Å²) in [6.45, 7) is 1.54. The van der Waals surface area contributed by atoms with Gasteiger partial charge in [-0.3, -0.25) is 4.79 Å². The van der Waals surface area contributed by atoms with Gasteiger partial charge in [-0.15, -0.1) is 0 Å². The SMILES string of the molecule is COc1cccc(/C=C/C(=O)O[C@@H](C)C(=O)c2ccc(Cl)cc2)c1. The maximum Gasteiger partial charge on any atom is 0.331 e.